The maximum atomic E-state index is 13.7. The standard InChI is InChI=1S/C27H28ClFN2O6S/c1-16-17(2)26(38(34,35)31(4)20-6-7-22(28)18(11-20)12-27(32)33)10-9-24(16)36-15-21-14-30(3)23-8-5-19(29)13-25(23)37-21/h5-11,13,21H,12,14-15H2,1-4H3,(H,32,33)/t21-/m0/s1. The molecule has 0 aliphatic carbocycles. The highest BCUT2D eigenvalue weighted by atomic mass is 35.5. The molecular weight excluding hydrogens is 535 g/mol. The summed E-state index contributed by atoms with van der Waals surface area (Å²) in [6.45, 7) is 4.20. The first kappa shape index (κ1) is 27.5. The number of hydrogen-bond acceptors (Lipinski definition) is 6. The largest absolute Gasteiger partial charge is 0.489 e. The second-order valence-electron chi connectivity index (χ2n) is 9.17. The van der Waals surface area contributed by atoms with Crippen molar-refractivity contribution in [1.29, 1.82) is 0 Å². The van der Waals surface area contributed by atoms with E-state index in [-0.39, 0.29) is 34.9 Å². The number of carbonyl (C=O) groups is 1. The van der Waals surface area contributed by atoms with E-state index in [0.29, 0.717) is 40.4 Å². The third-order valence-corrected chi connectivity index (χ3v) is 8.89. The molecule has 3 aromatic rings. The number of fused-ring (bicyclic) bond motifs is 1. The number of benzene rings is 3. The summed E-state index contributed by atoms with van der Waals surface area (Å²) in [5.74, 6) is -0.504. The number of halogens is 2. The van der Waals surface area contributed by atoms with Crippen molar-refractivity contribution in [3.63, 3.8) is 0 Å². The number of rotatable bonds is 8. The lowest BCUT2D eigenvalue weighted by atomic mass is 10.1. The van der Waals surface area contributed by atoms with Crippen molar-refractivity contribution in [3.8, 4) is 11.5 Å². The molecule has 0 saturated carbocycles. The van der Waals surface area contributed by atoms with Gasteiger partial charge in [0.15, 0.2) is 0 Å². The van der Waals surface area contributed by atoms with E-state index in [9.17, 15) is 17.6 Å². The summed E-state index contributed by atoms with van der Waals surface area (Å²) in [6, 6.07) is 11.9. The highest BCUT2D eigenvalue weighted by Gasteiger charge is 2.27. The Hall–Kier alpha value is -3.50. The molecule has 1 atom stereocenters. The van der Waals surface area contributed by atoms with Gasteiger partial charge in [-0.3, -0.25) is 9.10 Å². The average molecular weight is 563 g/mol. The van der Waals surface area contributed by atoms with Gasteiger partial charge in [-0.2, -0.15) is 0 Å². The summed E-state index contributed by atoms with van der Waals surface area (Å²) >= 11 is 6.09. The molecule has 1 N–H and O–H groups in total. The molecule has 0 spiro atoms. The minimum atomic E-state index is -3.98. The van der Waals surface area contributed by atoms with Crippen LogP contribution < -0.4 is 18.7 Å². The Balaban J connectivity index is 1.53. The van der Waals surface area contributed by atoms with E-state index >= 15 is 0 Å². The van der Waals surface area contributed by atoms with Gasteiger partial charge in [-0.25, -0.2) is 12.8 Å². The van der Waals surface area contributed by atoms with Crippen LogP contribution in [0.3, 0.4) is 0 Å². The fraction of sp³-hybridized carbons (Fsp3) is 0.296. The summed E-state index contributed by atoms with van der Waals surface area (Å²) in [6.07, 6.45) is -0.681. The van der Waals surface area contributed by atoms with Crippen molar-refractivity contribution in [2.75, 3.05) is 36.5 Å². The lowest BCUT2D eigenvalue weighted by molar-refractivity contribution is -0.136. The number of sulfonamides is 1. The van der Waals surface area contributed by atoms with Crippen LogP contribution in [-0.4, -0.2) is 52.8 Å². The normalized spacial score (nSPS) is 15.0. The Morgan fingerprint density at radius 1 is 1.18 bits per heavy atom. The first-order valence-electron chi connectivity index (χ1n) is 11.8. The Morgan fingerprint density at radius 3 is 2.63 bits per heavy atom. The number of likely N-dealkylation sites (N-methyl/N-ethyl adjacent to an activating group) is 1. The minimum Gasteiger partial charge on any atom is -0.489 e. The van der Waals surface area contributed by atoms with Crippen LogP contribution in [0, 0.1) is 19.7 Å². The lowest BCUT2D eigenvalue weighted by Gasteiger charge is -2.33. The van der Waals surface area contributed by atoms with E-state index < -0.39 is 16.0 Å². The van der Waals surface area contributed by atoms with Gasteiger partial charge in [0.1, 0.15) is 30.0 Å². The van der Waals surface area contributed by atoms with Gasteiger partial charge in [0, 0.05) is 25.2 Å². The van der Waals surface area contributed by atoms with Gasteiger partial charge in [-0.15, -0.1) is 0 Å². The van der Waals surface area contributed by atoms with E-state index in [1.165, 1.54) is 43.4 Å². The highest BCUT2D eigenvalue weighted by Crippen LogP contribution is 2.35. The topological polar surface area (TPSA) is 96.4 Å². The Bertz CT molecular complexity index is 1500. The average Bonchev–Trinajstić information content (AvgIpc) is 2.85. The fourth-order valence-corrected chi connectivity index (χ4v) is 5.99. The van der Waals surface area contributed by atoms with Gasteiger partial charge in [-0.05, 0) is 73.0 Å². The van der Waals surface area contributed by atoms with E-state index in [2.05, 4.69) is 0 Å². The van der Waals surface area contributed by atoms with Gasteiger partial charge in [0.25, 0.3) is 10.0 Å². The van der Waals surface area contributed by atoms with Crippen molar-refractivity contribution in [2.45, 2.75) is 31.3 Å². The maximum Gasteiger partial charge on any atom is 0.307 e. The predicted octanol–water partition coefficient (Wildman–Crippen LogP) is 4.82. The van der Waals surface area contributed by atoms with Crippen LogP contribution in [0.5, 0.6) is 11.5 Å². The van der Waals surface area contributed by atoms with Gasteiger partial charge in [-0.1, -0.05) is 11.6 Å². The highest BCUT2D eigenvalue weighted by molar-refractivity contribution is 7.92. The third kappa shape index (κ3) is 5.51. The first-order valence-corrected chi connectivity index (χ1v) is 13.6. The number of aliphatic carboxylic acids is 1. The molecule has 0 radical (unpaired) electrons. The predicted molar refractivity (Wildman–Crippen MR) is 144 cm³/mol. The molecule has 1 aliphatic heterocycles. The number of nitrogens with zero attached hydrogens (tertiary/aromatic N) is 2. The van der Waals surface area contributed by atoms with E-state index in [1.807, 2.05) is 11.9 Å². The van der Waals surface area contributed by atoms with Crippen molar-refractivity contribution >= 4 is 39.0 Å². The minimum absolute atomic E-state index is 0.0950. The molecule has 0 bridgehead atoms. The molecule has 38 heavy (non-hydrogen) atoms. The lowest BCUT2D eigenvalue weighted by Crippen LogP contribution is -2.41. The van der Waals surface area contributed by atoms with Crippen molar-refractivity contribution in [2.24, 2.45) is 0 Å². The van der Waals surface area contributed by atoms with Crippen molar-refractivity contribution in [1.82, 2.24) is 0 Å². The molecule has 3 aromatic carbocycles. The van der Waals surface area contributed by atoms with E-state index in [0.717, 1.165) is 9.99 Å². The third-order valence-electron chi connectivity index (χ3n) is 6.59. The second-order valence-corrected chi connectivity index (χ2v) is 11.5. The number of anilines is 2. The molecule has 0 amide bonds. The summed E-state index contributed by atoms with van der Waals surface area (Å²) in [4.78, 5) is 13.2. The van der Waals surface area contributed by atoms with Gasteiger partial charge in [0.05, 0.1) is 29.2 Å². The molecule has 202 valence electrons. The monoisotopic (exact) mass is 562 g/mol. The van der Waals surface area contributed by atoms with Crippen molar-refractivity contribution in [3.05, 3.63) is 76.1 Å². The van der Waals surface area contributed by atoms with Crippen molar-refractivity contribution < 1.29 is 32.2 Å². The van der Waals surface area contributed by atoms with Gasteiger partial charge in [0.2, 0.25) is 0 Å². The summed E-state index contributed by atoms with van der Waals surface area (Å²) in [7, 11) is -0.685. The maximum absolute atomic E-state index is 13.7. The molecule has 0 unspecified atom stereocenters. The van der Waals surface area contributed by atoms with Crippen LogP contribution in [-0.2, 0) is 21.2 Å². The molecule has 0 fully saturated rings. The number of hydrogen-bond donors (Lipinski definition) is 1. The van der Waals surface area contributed by atoms with Gasteiger partial charge >= 0.3 is 5.97 Å². The molecule has 1 heterocycles. The summed E-state index contributed by atoms with van der Waals surface area (Å²) < 4.78 is 53.7. The molecule has 0 saturated heterocycles. The van der Waals surface area contributed by atoms with Crippen LogP contribution in [0.15, 0.2) is 53.4 Å². The molecule has 8 nitrogen and oxygen atoms in total. The van der Waals surface area contributed by atoms with E-state index in [1.54, 1.807) is 26.0 Å². The zero-order valence-electron chi connectivity index (χ0n) is 21.4. The van der Waals surface area contributed by atoms with Crippen LogP contribution in [0.4, 0.5) is 15.8 Å². The molecule has 0 aromatic heterocycles. The Morgan fingerprint density at radius 2 is 1.92 bits per heavy atom. The SMILES string of the molecule is Cc1c(OC[C@@H]2CN(C)c3ccc(F)cc3O2)ccc(S(=O)(=O)N(C)c2ccc(Cl)c(CC(=O)O)c2)c1C. The van der Waals surface area contributed by atoms with Crippen LogP contribution in [0.25, 0.3) is 0 Å². The number of ether oxygens (including phenoxy) is 2. The van der Waals surface area contributed by atoms with Gasteiger partial charge < -0.3 is 19.5 Å². The van der Waals surface area contributed by atoms with Crippen LogP contribution in [0.1, 0.15) is 16.7 Å². The number of carboxylic acids is 1. The fourth-order valence-electron chi connectivity index (χ4n) is 4.34. The zero-order chi connectivity index (χ0) is 27.8. The van der Waals surface area contributed by atoms with Crippen LogP contribution in [0.2, 0.25) is 5.02 Å². The zero-order valence-corrected chi connectivity index (χ0v) is 22.9. The molecule has 11 heteroatoms. The van der Waals surface area contributed by atoms with E-state index in [4.69, 9.17) is 26.2 Å². The molecular formula is C27H28ClFN2O6S. The summed E-state index contributed by atoms with van der Waals surface area (Å²) in [5, 5.41) is 9.37. The van der Waals surface area contributed by atoms with Crippen LogP contribution >= 0.6 is 11.6 Å². The number of carboxylic acid groups (broad SMARTS) is 1. The Labute approximate surface area is 226 Å². The molecule has 1 aliphatic rings. The second kappa shape index (κ2) is 10.7. The smallest absolute Gasteiger partial charge is 0.307 e. The Kier molecular flexibility index (Phi) is 7.75. The molecule has 4 rings (SSSR count). The quantitative estimate of drug-likeness (QED) is 0.420. The first-order chi connectivity index (χ1) is 17.9. The summed E-state index contributed by atoms with van der Waals surface area (Å²) in [5.41, 5.74) is 2.57.